The Kier molecular flexibility index (Phi) is 5.91. The lowest BCUT2D eigenvalue weighted by atomic mass is 10.1. The van der Waals surface area contributed by atoms with Crippen molar-refractivity contribution in [3.05, 3.63) is 22.2 Å². The third-order valence-electron chi connectivity index (χ3n) is 3.04. The minimum Gasteiger partial charge on any atom is -0.477 e. The van der Waals surface area contributed by atoms with Gasteiger partial charge in [0.2, 0.25) is 0 Å². The molecular formula is C15H16BrN3O5. The van der Waals surface area contributed by atoms with Gasteiger partial charge in [-0.25, -0.2) is 14.8 Å². The second kappa shape index (κ2) is 7.91. The topological polar surface area (TPSA) is 99.6 Å². The maximum Gasteiger partial charge on any atom is 0.396 e. The molecule has 0 atom stereocenters. The molecule has 24 heavy (non-hydrogen) atoms. The number of hydrogen-bond acceptors (Lipinski definition) is 7. The van der Waals surface area contributed by atoms with E-state index in [1.54, 1.807) is 19.1 Å². The van der Waals surface area contributed by atoms with E-state index in [2.05, 4.69) is 36.0 Å². The maximum absolute atomic E-state index is 11.7. The number of nitrogens with zero attached hydrogens (tertiary/aromatic N) is 2. The van der Waals surface area contributed by atoms with Crippen molar-refractivity contribution in [2.75, 3.05) is 20.8 Å². The molecule has 128 valence electrons. The molecule has 0 radical (unpaired) electrons. The molecule has 0 saturated carbocycles. The van der Waals surface area contributed by atoms with Crippen LogP contribution < -0.4 is 14.8 Å². The quantitative estimate of drug-likeness (QED) is 0.603. The summed E-state index contributed by atoms with van der Waals surface area (Å²) in [4.78, 5) is 31.7. The zero-order chi connectivity index (χ0) is 17.7. The van der Waals surface area contributed by atoms with Crippen molar-refractivity contribution < 1.29 is 23.8 Å². The number of carbonyl (C=O) groups excluding carboxylic acids is 2. The van der Waals surface area contributed by atoms with E-state index in [1.807, 2.05) is 0 Å². The van der Waals surface area contributed by atoms with Crippen LogP contribution in [0.15, 0.2) is 16.6 Å². The highest BCUT2D eigenvalue weighted by atomic mass is 79.9. The van der Waals surface area contributed by atoms with E-state index < -0.39 is 11.9 Å². The average molecular weight is 398 g/mol. The third-order valence-corrected chi connectivity index (χ3v) is 3.50. The Hall–Kier alpha value is -2.42. The van der Waals surface area contributed by atoms with Gasteiger partial charge >= 0.3 is 11.9 Å². The molecule has 1 N–H and O–H groups in total. The Balaban J connectivity index is 2.35. The number of ether oxygens (including phenoxy) is 3. The van der Waals surface area contributed by atoms with E-state index >= 15 is 0 Å². The van der Waals surface area contributed by atoms with E-state index in [9.17, 15) is 9.59 Å². The van der Waals surface area contributed by atoms with Crippen LogP contribution in [0.5, 0.6) is 11.8 Å². The summed E-state index contributed by atoms with van der Waals surface area (Å²) in [6.45, 7) is 1.84. The van der Waals surface area contributed by atoms with Crippen molar-refractivity contribution >= 4 is 38.8 Å². The van der Waals surface area contributed by atoms with Gasteiger partial charge in [-0.15, -0.1) is 0 Å². The molecule has 8 nitrogen and oxygen atoms in total. The first-order chi connectivity index (χ1) is 11.5. The minimum absolute atomic E-state index is 0.0811. The molecular weight excluding hydrogens is 382 g/mol. The number of amides is 1. The highest BCUT2D eigenvalue weighted by Crippen LogP contribution is 2.29. The number of esters is 1. The summed E-state index contributed by atoms with van der Waals surface area (Å²) in [6.07, 6.45) is 0. The molecule has 2 aromatic rings. The molecule has 0 spiro atoms. The Bertz CT molecular complexity index is 781. The molecule has 0 unspecified atom stereocenters. The van der Waals surface area contributed by atoms with Crippen LogP contribution in [0, 0.1) is 0 Å². The highest BCUT2D eigenvalue weighted by molar-refractivity contribution is 9.10. The monoisotopic (exact) mass is 397 g/mol. The Morgan fingerprint density at radius 3 is 2.46 bits per heavy atom. The van der Waals surface area contributed by atoms with Crippen molar-refractivity contribution in [2.24, 2.45) is 0 Å². The van der Waals surface area contributed by atoms with Crippen molar-refractivity contribution in [1.29, 1.82) is 0 Å². The lowest BCUT2D eigenvalue weighted by Gasteiger charge is -2.11. The van der Waals surface area contributed by atoms with Crippen molar-refractivity contribution in [3.8, 4) is 11.8 Å². The van der Waals surface area contributed by atoms with Crippen molar-refractivity contribution in [2.45, 2.75) is 13.5 Å². The normalized spacial score (nSPS) is 10.3. The SMILES string of the molecule is CCOC(=O)C(=O)NCc1cc(Br)cc2nc(OC)c(OC)nc12. The van der Waals surface area contributed by atoms with Gasteiger partial charge in [-0.1, -0.05) is 15.9 Å². The number of carbonyl (C=O) groups is 2. The van der Waals surface area contributed by atoms with Crippen LogP contribution >= 0.6 is 15.9 Å². The highest BCUT2D eigenvalue weighted by Gasteiger charge is 2.17. The Morgan fingerprint density at radius 2 is 1.83 bits per heavy atom. The van der Waals surface area contributed by atoms with Crippen LogP contribution in [0.25, 0.3) is 11.0 Å². The Labute approximate surface area is 146 Å². The fraction of sp³-hybridized carbons (Fsp3) is 0.333. The number of nitrogens with one attached hydrogen (secondary N) is 1. The van der Waals surface area contributed by atoms with E-state index in [0.29, 0.717) is 16.6 Å². The largest absolute Gasteiger partial charge is 0.477 e. The van der Waals surface area contributed by atoms with E-state index in [1.165, 1.54) is 14.2 Å². The van der Waals surface area contributed by atoms with E-state index in [0.717, 1.165) is 4.47 Å². The van der Waals surface area contributed by atoms with Crippen LogP contribution in [0.1, 0.15) is 12.5 Å². The van der Waals surface area contributed by atoms with Gasteiger partial charge in [0.15, 0.2) is 0 Å². The fourth-order valence-corrected chi connectivity index (χ4v) is 2.50. The number of aromatic nitrogens is 2. The van der Waals surface area contributed by atoms with Gasteiger partial charge in [0.1, 0.15) is 0 Å². The zero-order valence-electron chi connectivity index (χ0n) is 13.4. The number of benzene rings is 1. The van der Waals surface area contributed by atoms with E-state index in [-0.39, 0.29) is 24.9 Å². The predicted molar refractivity (Wildman–Crippen MR) is 88.8 cm³/mol. The standard InChI is InChI=1S/C15H16BrN3O5/c1-4-24-15(21)12(20)17-7-8-5-9(16)6-10-11(8)19-14(23-3)13(18-10)22-2/h5-6H,4,7H2,1-3H3,(H,17,20). The molecule has 0 aliphatic rings. The minimum atomic E-state index is -0.929. The summed E-state index contributed by atoms with van der Waals surface area (Å²) in [6, 6.07) is 3.54. The molecule has 1 aromatic carbocycles. The lowest BCUT2D eigenvalue weighted by Crippen LogP contribution is -2.32. The number of hydrogen-bond donors (Lipinski definition) is 1. The summed E-state index contributed by atoms with van der Waals surface area (Å²) in [5.41, 5.74) is 1.74. The first-order valence-electron chi connectivity index (χ1n) is 7.03. The first-order valence-corrected chi connectivity index (χ1v) is 7.82. The second-order valence-corrected chi connectivity index (χ2v) is 5.49. The van der Waals surface area contributed by atoms with Gasteiger partial charge < -0.3 is 19.5 Å². The molecule has 2 rings (SSSR count). The number of methoxy groups -OCH3 is 2. The second-order valence-electron chi connectivity index (χ2n) is 4.58. The third kappa shape index (κ3) is 3.91. The summed E-state index contributed by atoms with van der Waals surface area (Å²) in [5, 5.41) is 2.49. The summed E-state index contributed by atoms with van der Waals surface area (Å²) >= 11 is 3.38. The van der Waals surface area contributed by atoms with Crippen LogP contribution in [0.3, 0.4) is 0 Å². The first kappa shape index (κ1) is 17.9. The van der Waals surface area contributed by atoms with Crippen LogP contribution in [-0.2, 0) is 20.9 Å². The van der Waals surface area contributed by atoms with Crippen LogP contribution in [-0.4, -0.2) is 42.7 Å². The average Bonchev–Trinajstić information content (AvgIpc) is 2.58. The number of fused-ring (bicyclic) bond motifs is 1. The summed E-state index contributed by atoms with van der Waals surface area (Å²) in [5.74, 6) is -1.27. The molecule has 0 aliphatic carbocycles. The maximum atomic E-state index is 11.7. The van der Waals surface area contributed by atoms with Gasteiger partial charge in [0, 0.05) is 16.6 Å². The molecule has 0 saturated heterocycles. The summed E-state index contributed by atoms with van der Waals surface area (Å²) in [7, 11) is 2.93. The molecule has 1 heterocycles. The molecule has 1 amide bonds. The number of rotatable bonds is 5. The molecule has 0 bridgehead atoms. The molecule has 9 heteroatoms. The van der Waals surface area contributed by atoms with Crippen molar-refractivity contribution in [3.63, 3.8) is 0 Å². The van der Waals surface area contributed by atoms with Gasteiger partial charge in [0.25, 0.3) is 11.8 Å². The summed E-state index contributed by atoms with van der Waals surface area (Å²) < 4.78 is 15.7. The zero-order valence-corrected chi connectivity index (χ0v) is 15.0. The molecule has 1 aromatic heterocycles. The number of halogens is 1. The molecule has 0 fully saturated rings. The fourth-order valence-electron chi connectivity index (χ4n) is 2.01. The smallest absolute Gasteiger partial charge is 0.396 e. The van der Waals surface area contributed by atoms with Crippen molar-refractivity contribution in [1.82, 2.24) is 15.3 Å². The van der Waals surface area contributed by atoms with Gasteiger partial charge in [-0.2, -0.15) is 0 Å². The van der Waals surface area contributed by atoms with Gasteiger partial charge in [0.05, 0.1) is 31.9 Å². The lowest BCUT2D eigenvalue weighted by molar-refractivity contribution is -0.154. The molecule has 0 aliphatic heterocycles. The van der Waals surface area contributed by atoms with Crippen LogP contribution in [0.2, 0.25) is 0 Å². The van der Waals surface area contributed by atoms with Gasteiger partial charge in [-0.3, -0.25) is 4.79 Å². The van der Waals surface area contributed by atoms with Crippen LogP contribution in [0.4, 0.5) is 0 Å². The van der Waals surface area contributed by atoms with Gasteiger partial charge in [-0.05, 0) is 19.1 Å². The predicted octanol–water partition coefficient (Wildman–Crippen LogP) is 1.59. The Morgan fingerprint density at radius 1 is 1.17 bits per heavy atom. The van der Waals surface area contributed by atoms with E-state index in [4.69, 9.17) is 9.47 Å².